The first-order chi connectivity index (χ1) is 13.4. The number of ether oxygens (including phenoxy) is 1. The number of para-hydroxylation sites is 1. The Labute approximate surface area is 170 Å². The number of aromatic nitrogens is 1. The molecule has 0 spiro atoms. The van der Waals surface area contributed by atoms with Crippen molar-refractivity contribution in [1.29, 1.82) is 0 Å². The van der Waals surface area contributed by atoms with E-state index >= 15 is 0 Å². The van der Waals surface area contributed by atoms with Crippen LogP contribution in [0.1, 0.15) is 25.7 Å². The third kappa shape index (κ3) is 5.20. The molecule has 28 heavy (non-hydrogen) atoms. The number of nitrogens with one attached hydrogen (secondary N) is 1. The van der Waals surface area contributed by atoms with Crippen LogP contribution in [0.25, 0.3) is 10.2 Å². The largest absolute Gasteiger partial charge is 0.435 e. The molecule has 0 radical (unpaired) electrons. The number of allylic oxidation sites excluding steroid dienone is 3. The SMILES string of the molecule is CS(=O)(=O)NC1CCN(CC2=CC=C(Oc3nc4ccccc4s3)CC2)CC1. The third-order valence-corrected chi connectivity index (χ3v) is 6.76. The molecule has 1 aliphatic carbocycles. The standard InChI is InChI=1S/C20H25N3O3S2/c1-28(24,25)22-16-10-12-23(13-11-16)14-15-6-8-17(9-7-15)26-20-21-18-4-2-3-5-19(18)27-20/h2-6,8,16,22H,7,9-14H2,1H3. The Hall–Kier alpha value is -1.74. The van der Waals surface area contributed by atoms with Crippen LogP contribution in [0.3, 0.4) is 0 Å². The van der Waals surface area contributed by atoms with E-state index in [1.54, 1.807) is 11.3 Å². The topological polar surface area (TPSA) is 71.5 Å². The van der Waals surface area contributed by atoms with E-state index in [2.05, 4.69) is 32.8 Å². The molecular weight excluding hydrogens is 394 g/mol. The van der Waals surface area contributed by atoms with Crippen molar-refractivity contribution in [2.45, 2.75) is 31.7 Å². The van der Waals surface area contributed by atoms with Gasteiger partial charge in [0.1, 0.15) is 5.76 Å². The second-order valence-electron chi connectivity index (χ2n) is 7.45. The average molecular weight is 420 g/mol. The first kappa shape index (κ1) is 19.6. The van der Waals surface area contributed by atoms with Crippen LogP contribution >= 0.6 is 11.3 Å². The summed E-state index contributed by atoms with van der Waals surface area (Å²) < 4.78 is 32.6. The number of piperidine rings is 1. The number of thiazole rings is 1. The van der Waals surface area contributed by atoms with Crippen LogP contribution in [0, 0.1) is 0 Å². The van der Waals surface area contributed by atoms with Crippen molar-refractivity contribution in [3.8, 4) is 5.19 Å². The summed E-state index contributed by atoms with van der Waals surface area (Å²) in [6.07, 6.45) is 9.04. The van der Waals surface area contributed by atoms with Crippen molar-refractivity contribution in [2.24, 2.45) is 0 Å². The Morgan fingerprint density at radius 2 is 2.00 bits per heavy atom. The molecule has 6 nitrogen and oxygen atoms in total. The highest BCUT2D eigenvalue weighted by Gasteiger charge is 2.22. The zero-order valence-corrected chi connectivity index (χ0v) is 17.6. The van der Waals surface area contributed by atoms with Crippen molar-refractivity contribution in [2.75, 3.05) is 25.9 Å². The second kappa shape index (κ2) is 8.32. The minimum Gasteiger partial charge on any atom is -0.435 e. The van der Waals surface area contributed by atoms with E-state index in [4.69, 9.17) is 4.74 Å². The summed E-state index contributed by atoms with van der Waals surface area (Å²) in [4.78, 5) is 6.93. The molecule has 0 unspecified atom stereocenters. The minimum absolute atomic E-state index is 0.0697. The normalized spacial score (nSPS) is 19.5. The van der Waals surface area contributed by atoms with Gasteiger partial charge >= 0.3 is 0 Å². The summed E-state index contributed by atoms with van der Waals surface area (Å²) in [5, 5.41) is 0.699. The quantitative estimate of drug-likeness (QED) is 0.778. The molecule has 1 fully saturated rings. The number of hydrogen-bond acceptors (Lipinski definition) is 6. The van der Waals surface area contributed by atoms with Crippen LogP contribution in [0.4, 0.5) is 0 Å². The van der Waals surface area contributed by atoms with Crippen LogP contribution in [0.15, 0.2) is 47.7 Å². The maximum absolute atomic E-state index is 11.4. The summed E-state index contributed by atoms with van der Waals surface area (Å²) in [7, 11) is -3.12. The van der Waals surface area contributed by atoms with Gasteiger partial charge in [0.25, 0.3) is 5.19 Å². The monoisotopic (exact) mass is 419 g/mol. The van der Waals surface area contributed by atoms with E-state index < -0.39 is 10.0 Å². The highest BCUT2D eigenvalue weighted by Crippen LogP contribution is 2.30. The molecule has 2 aliphatic rings. The Kier molecular flexibility index (Phi) is 5.82. The van der Waals surface area contributed by atoms with E-state index in [0.717, 1.165) is 61.3 Å². The summed E-state index contributed by atoms with van der Waals surface area (Å²) in [5.74, 6) is 0.957. The predicted octanol–water partition coefficient (Wildman–Crippen LogP) is 3.29. The fraction of sp³-hybridized carbons (Fsp3) is 0.450. The highest BCUT2D eigenvalue weighted by molar-refractivity contribution is 7.88. The van der Waals surface area contributed by atoms with Gasteiger partial charge in [-0.2, -0.15) is 0 Å². The molecule has 1 aromatic carbocycles. The van der Waals surface area contributed by atoms with Gasteiger partial charge in [0.05, 0.1) is 16.5 Å². The van der Waals surface area contributed by atoms with Crippen molar-refractivity contribution in [3.05, 3.63) is 47.7 Å². The zero-order chi connectivity index (χ0) is 19.6. The van der Waals surface area contributed by atoms with Gasteiger partial charge < -0.3 is 4.74 Å². The van der Waals surface area contributed by atoms with Gasteiger partial charge in [-0.3, -0.25) is 4.90 Å². The van der Waals surface area contributed by atoms with E-state index in [-0.39, 0.29) is 6.04 Å². The van der Waals surface area contributed by atoms with Gasteiger partial charge in [-0.05, 0) is 50.6 Å². The fourth-order valence-corrected chi connectivity index (χ4v) is 5.37. The summed E-state index contributed by atoms with van der Waals surface area (Å²) >= 11 is 1.57. The van der Waals surface area contributed by atoms with Crippen LogP contribution in [0.2, 0.25) is 0 Å². The zero-order valence-electron chi connectivity index (χ0n) is 15.9. The molecule has 0 bridgehead atoms. The maximum Gasteiger partial charge on any atom is 0.279 e. The first-order valence-electron chi connectivity index (χ1n) is 9.56. The average Bonchev–Trinajstić information content (AvgIpc) is 3.06. The molecule has 2 heterocycles. The molecule has 1 saturated heterocycles. The highest BCUT2D eigenvalue weighted by atomic mass is 32.2. The molecule has 1 aliphatic heterocycles. The van der Waals surface area contributed by atoms with E-state index in [1.807, 2.05) is 18.2 Å². The fourth-order valence-electron chi connectivity index (χ4n) is 3.68. The first-order valence-corrected chi connectivity index (χ1v) is 12.3. The lowest BCUT2D eigenvalue weighted by Crippen LogP contribution is -2.44. The number of nitrogens with zero attached hydrogens (tertiary/aromatic N) is 2. The molecular formula is C20H25N3O3S2. The van der Waals surface area contributed by atoms with Crippen LogP contribution in [-0.4, -0.2) is 50.2 Å². The maximum atomic E-state index is 11.4. The van der Waals surface area contributed by atoms with Crippen molar-refractivity contribution < 1.29 is 13.2 Å². The number of sulfonamides is 1. The number of rotatable bonds is 6. The lowest BCUT2D eigenvalue weighted by molar-refractivity contribution is 0.220. The van der Waals surface area contributed by atoms with Gasteiger partial charge in [-0.25, -0.2) is 18.1 Å². The van der Waals surface area contributed by atoms with Gasteiger partial charge in [0, 0.05) is 19.0 Å². The van der Waals surface area contributed by atoms with Gasteiger partial charge in [-0.1, -0.05) is 35.1 Å². The Balaban J connectivity index is 1.29. The van der Waals surface area contributed by atoms with Crippen molar-refractivity contribution in [3.63, 3.8) is 0 Å². The number of hydrogen-bond donors (Lipinski definition) is 1. The molecule has 0 atom stereocenters. The molecule has 0 saturated carbocycles. The van der Waals surface area contributed by atoms with Crippen molar-refractivity contribution in [1.82, 2.24) is 14.6 Å². The Morgan fingerprint density at radius 3 is 2.68 bits per heavy atom. The molecule has 2 aromatic rings. The number of fused-ring (bicyclic) bond motifs is 1. The Bertz CT molecular complexity index is 970. The van der Waals surface area contributed by atoms with Crippen LogP contribution in [0.5, 0.6) is 5.19 Å². The summed E-state index contributed by atoms with van der Waals surface area (Å²) in [6.45, 7) is 2.78. The third-order valence-electron chi connectivity index (χ3n) is 5.09. The number of benzene rings is 1. The van der Waals surface area contributed by atoms with Crippen LogP contribution < -0.4 is 9.46 Å². The lowest BCUT2D eigenvalue weighted by Gasteiger charge is -2.32. The van der Waals surface area contributed by atoms with E-state index in [0.29, 0.717) is 5.19 Å². The molecule has 4 rings (SSSR count). The Morgan fingerprint density at radius 1 is 1.21 bits per heavy atom. The lowest BCUT2D eigenvalue weighted by atomic mass is 10.0. The minimum atomic E-state index is -3.12. The molecule has 8 heteroatoms. The van der Waals surface area contributed by atoms with Gasteiger partial charge in [-0.15, -0.1) is 0 Å². The molecule has 150 valence electrons. The molecule has 1 N–H and O–H groups in total. The second-order valence-corrected chi connectivity index (χ2v) is 10.2. The molecule has 0 amide bonds. The number of likely N-dealkylation sites (tertiary alicyclic amines) is 1. The van der Waals surface area contributed by atoms with Crippen LogP contribution in [-0.2, 0) is 10.0 Å². The summed E-state index contributed by atoms with van der Waals surface area (Å²) in [5.41, 5.74) is 2.37. The van der Waals surface area contributed by atoms with Crippen molar-refractivity contribution >= 4 is 31.6 Å². The molecule has 1 aromatic heterocycles. The smallest absolute Gasteiger partial charge is 0.279 e. The van der Waals surface area contributed by atoms with E-state index in [1.165, 1.54) is 11.8 Å². The summed E-state index contributed by atoms with van der Waals surface area (Å²) in [6, 6.07) is 8.13. The van der Waals surface area contributed by atoms with E-state index in [9.17, 15) is 8.42 Å². The van der Waals surface area contributed by atoms with Gasteiger partial charge in [0.2, 0.25) is 10.0 Å². The predicted molar refractivity (Wildman–Crippen MR) is 113 cm³/mol. The van der Waals surface area contributed by atoms with Gasteiger partial charge in [0.15, 0.2) is 0 Å².